The first-order chi connectivity index (χ1) is 15.2. The van der Waals surface area contributed by atoms with Gasteiger partial charge in [-0.1, -0.05) is 36.3 Å². The second-order valence-electron chi connectivity index (χ2n) is 7.65. The molecule has 1 aromatic heterocycles. The number of sulfonamides is 1. The Balaban J connectivity index is 1.75. The van der Waals surface area contributed by atoms with Crippen LogP contribution in [0.4, 0.5) is 0 Å². The van der Waals surface area contributed by atoms with Gasteiger partial charge in [0.15, 0.2) is 0 Å². The van der Waals surface area contributed by atoms with E-state index in [9.17, 15) is 13.2 Å². The van der Waals surface area contributed by atoms with Crippen molar-refractivity contribution < 1.29 is 22.5 Å². The fourth-order valence-corrected chi connectivity index (χ4v) is 4.41. The van der Waals surface area contributed by atoms with Crippen molar-refractivity contribution in [2.75, 3.05) is 25.9 Å². The summed E-state index contributed by atoms with van der Waals surface area (Å²) in [5.74, 6) is 0.875. The maximum absolute atomic E-state index is 13.0. The van der Waals surface area contributed by atoms with E-state index in [-0.39, 0.29) is 12.5 Å². The molecule has 3 aromatic rings. The molecule has 0 aliphatic carbocycles. The Morgan fingerprint density at radius 1 is 1.19 bits per heavy atom. The molecule has 32 heavy (non-hydrogen) atoms. The van der Waals surface area contributed by atoms with Crippen LogP contribution < -0.4 is 10.1 Å². The van der Waals surface area contributed by atoms with Crippen molar-refractivity contribution in [2.45, 2.75) is 33.8 Å². The lowest BCUT2D eigenvalue weighted by molar-refractivity contribution is 0.0948. The second-order valence-corrected chi connectivity index (χ2v) is 9.63. The Morgan fingerprint density at radius 3 is 2.47 bits per heavy atom. The molecule has 8 nitrogen and oxygen atoms in total. The fourth-order valence-electron chi connectivity index (χ4n) is 3.49. The number of carbonyl (C=O) groups is 1. The first-order valence-electron chi connectivity index (χ1n) is 10.5. The van der Waals surface area contributed by atoms with Crippen LogP contribution in [0.5, 0.6) is 5.75 Å². The van der Waals surface area contributed by atoms with Crippen molar-refractivity contribution in [1.82, 2.24) is 14.8 Å². The molecule has 0 saturated carbocycles. The van der Waals surface area contributed by atoms with Gasteiger partial charge >= 0.3 is 0 Å². The molecule has 3 rings (SSSR count). The van der Waals surface area contributed by atoms with Gasteiger partial charge in [0.05, 0.1) is 23.1 Å². The molecular weight excluding hydrogens is 430 g/mol. The van der Waals surface area contributed by atoms with E-state index < -0.39 is 10.0 Å². The molecule has 0 saturated heterocycles. The number of nitrogens with one attached hydrogen (secondary N) is 1. The number of nitrogens with zero attached hydrogens (tertiary/aromatic N) is 2. The van der Waals surface area contributed by atoms with Crippen LogP contribution in [0, 0.1) is 13.8 Å². The minimum atomic E-state index is -3.25. The molecule has 0 unspecified atom stereocenters. The quantitative estimate of drug-likeness (QED) is 0.466. The van der Waals surface area contributed by atoms with Crippen molar-refractivity contribution in [3.63, 3.8) is 0 Å². The molecule has 0 aliphatic rings. The van der Waals surface area contributed by atoms with E-state index in [1.807, 2.05) is 50.2 Å². The van der Waals surface area contributed by atoms with Crippen LogP contribution in [0.15, 0.2) is 40.9 Å². The summed E-state index contributed by atoms with van der Waals surface area (Å²) in [6.07, 6.45) is 1.70. The number of aryl methyl sites for hydroxylation is 2. The van der Waals surface area contributed by atoms with Gasteiger partial charge in [-0.2, -0.15) is 0 Å². The van der Waals surface area contributed by atoms with Crippen LogP contribution in [0.1, 0.15) is 40.7 Å². The number of rotatable bonds is 10. The Bertz CT molecular complexity index is 1180. The maximum Gasteiger partial charge on any atom is 0.255 e. The van der Waals surface area contributed by atoms with E-state index in [1.165, 1.54) is 10.6 Å². The lowest BCUT2D eigenvalue weighted by atomic mass is 10.1. The van der Waals surface area contributed by atoms with E-state index >= 15 is 0 Å². The van der Waals surface area contributed by atoms with E-state index in [0.29, 0.717) is 43.1 Å². The van der Waals surface area contributed by atoms with E-state index in [1.54, 1.807) is 6.92 Å². The zero-order valence-electron chi connectivity index (χ0n) is 18.8. The fraction of sp³-hybridized carbons (Fsp3) is 0.391. The zero-order valence-corrected chi connectivity index (χ0v) is 19.7. The standard InChI is InChI=1S/C23H29N3O5S/c1-5-26(32(4,28)29)12-8-11-24-23(27)20-13-18-9-6-7-10-19(18)14-22(20)30-15-21-16(2)25-31-17(21)3/h6-7,9-10,13-14H,5,8,11-12,15H2,1-4H3,(H,24,27). The number of ether oxygens (including phenoxy) is 1. The maximum atomic E-state index is 13.0. The highest BCUT2D eigenvalue weighted by atomic mass is 32.2. The van der Waals surface area contributed by atoms with E-state index in [2.05, 4.69) is 10.5 Å². The smallest absolute Gasteiger partial charge is 0.255 e. The van der Waals surface area contributed by atoms with Crippen LogP contribution in [-0.2, 0) is 16.6 Å². The first kappa shape index (κ1) is 23.7. The Hall–Kier alpha value is -2.91. The van der Waals surface area contributed by atoms with Crippen molar-refractivity contribution >= 4 is 26.7 Å². The molecule has 0 atom stereocenters. The van der Waals surface area contributed by atoms with Crippen LogP contribution in [0.2, 0.25) is 0 Å². The van der Waals surface area contributed by atoms with Gasteiger partial charge in [0, 0.05) is 19.6 Å². The average molecular weight is 460 g/mol. The monoisotopic (exact) mass is 459 g/mol. The summed E-state index contributed by atoms with van der Waals surface area (Å²) >= 11 is 0. The summed E-state index contributed by atoms with van der Waals surface area (Å²) in [6, 6.07) is 11.4. The molecule has 0 fully saturated rings. The lowest BCUT2D eigenvalue weighted by Crippen LogP contribution is -2.33. The number of aromatic nitrogens is 1. The normalized spacial score (nSPS) is 11.8. The third-order valence-electron chi connectivity index (χ3n) is 5.34. The average Bonchev–Trinajstić information content (AvgIpc) is 3.07. The second kappa shape index (κ2) is 10.1. The summed E-state index contributed by atoms with van der Waals surface area (Å²) in [5.41, 5.74) is 2.02. The molecule has 0 spiro atoms. The predicted octanol–water partition coefficient (Wildman–Crippen LogP) is 3.43. The van der Waals surface area contributed by atoms with Crippen molar-refractivity contribution in [2.24, 2.45) is 0 Å². The third-order valence-corrected chi connectivity index (χ3v) is 6.72. The molecule has 1 amide bonds. The van der Waals surface area contributed by atoms with Gasteiger partial charge in [0.2, 0.25) is 10.0 Å². The van der Waals surface area contributed by atoms with Crippen LogP contribution in [0.3, 0.4) is 0 Å². The highest BCUT2D eigenvalue weighted by Crippen LogP contribution is 2.27. The third kappa shape index (κ3) is 5.66. The van der Waals surface area contributed by atoms with Gasteiger partial charge in [0.25, 0.3) is 5.91 Å². The highest BCUT2D eigenvalue weighted by Gasteiger charge is 2.17. The zero-order chi connectivity index (χ0) is 23.3. The Kier molecular flexibility index (Phi) is 7.52. The van der Waals surface area contributed by atoms with Gasteiger partial charge in [0.1, 0.15) is 18.1 Å². The van der Waals surface area contributed by atoms with Crippen molar-refractivity contribution in [3.05, 3.63) is 59.0 Å². The summed E-state index contributed by atoms with van der Waals surface area (Å²) in [7, 11) is -3.25. The Morgan fingerprint density at radius 2 is 1.88 bits per heavy atom. The number of hydrogen-bond donors (Lipinski definition) is 1. The minimum absolute atomic E-state index is 0.236. The predicted molar refractivity (Wildman–Crippen MR) is 123 cm³/mol. The SMILES string of the molecule is CCN(CCCNC(=O)c1cc2ccccc2cc1OCc1c(C)noc1C)S(C)(=O)=O. The largest absolute Gasteiger partial charge is 0.488 e. The molecule has 0 aliphatic heterocycles. The van der Waals surface area contributed by atoms with Crippen LogP contribution >= 0.6 is 0 Å². The number of benzene rings is 2. The van der Waals surface area contributed by atoms with Crippen LogP contribution in [-0.4, -0.2) is 49.7 Å². The van der Waals surface area contributed by atoms with Gasteiger partial charge in [-0.05, 0) is 43.2 Å². The van der Waals surface area contributed by atoms with E-state index in [0.717, 1.165) is 22.0 Å². The summed E-state index contributed by atoms with van der Waals surface area (Å²) < 4.78 is 36.0. The van der Waals surface area contributed by atoms with Gasteiger partial charge in [-0.25, -0.2) is 12.7 Å². The van der Waals surface area contributed by atoms with Crippen LogP contribution in [0.25, 0.3) is 10.8 Å². The number of carbonyl (C=O) groups excluding carboxylic acids is 1. The molecule has 9 heteroatoms. The number of hydrogen-bond acceptors (Lipinski definition) is 6. The molecule has 1 N–H and O–H groups in total. The summed E-state index contributed by atoms with van der Waals surface area (Å²) in [5, 5.41) is 8.71. The lowest BCUT2D eigenvalue weighted by Gasteiger charge is -2.18. The van der Waals surface area contributed by atoms with Gasteiger partial charge in [-0.3, -0.25) is 4.79 Å². The molecule has 0 bridgehead atoms. The van der Waals surface area contributed by atoms with Crippen molar-refractivity contribution in [3.8, 4) is 5.75 Å². The summed E-state index contributed by atoms with van der Waals surface area (Å²) in [6.45, 7) is 6.79. The molecule has 2 aromatic carbocycles. The van der Waals surface area contributed by atoms with E-state index in [4.69, 9.17) is 9.26 Å². The van der Waals surface area contributed by atoms with Gasteiger partial charge < -0.3 is 14.6 Å². The molecular formula is C23H29N3O5S. The van der Waals surface area contributed by atoms with Crippen molar-refractivity contribution in [1.29, 1.82) is 0 Å². The first-order valence-corrected chi connectivity index (χ1v) is 12.4. The topological polar surface area (TPSA) is 102 Å². The molecule has 172 valence electrons. The Labute approximate surface area is 188 Å². The van der Waals surface area contributed by atoms with Gasteiger partial charge in [-0.15, -0.1) is 0 Å². The number of amides is 1. The molecule has 1 heterocycles. The number of fused-ring (bicyclic) bond motifs is 1. The summed E-state index contributed by atoms with van der Waals surface area (Å²) in [4.78, 5) is 13.0. The highest BCUT2D eigenvalue weighted by molar-refractivity contribution is 7.88. The minimum Gasteiger partial charge on any atom is -0.488 e. The molecule has 0 radical (unpaired) electrons.